The summed E-state index contributed by atoms with van der Waals surface area (Å²) in [6.07, 6.45) is 1.38. The molecule has 0 unspecified atom stereocenters. The molecule has 16 heavy (non-hydrogen) atoms. The molecule has 6 nitrogen and oxygen atoms in total. The van der Waals surface area contributed by atoms with Gasteiger partial charge in [0.2, 0.25) is 0 Å². The number of aliphatic hydroxyl groups excluding tert-OH is 1. The van der Waals surface area contributed by atoms with Crippen molar-refractivity contribution in [2.75, 3.05) is 20.3 Å². The lowest BCUT2D eigenvalue weighted by Crippen LogP contribution is -2.29. The van der Waals surface area contributed by atoms with Gasteiger partial charge in [-0.3, -0.25) is 9.59 Å². The van der Waals surface area contributed by atoms with Crippen LogP contribution >= 0.6 is 0 Å². The Labute approximate surface area is 93.2 Å². The molecule has 0 aliphatic rings. The molecule has 1 amide bonds. The SMILES string of the molecule is CCO.COC(=O)CNC(=O)c1ccco1. The fraction of sp³-hybridized carbons (Fsp3) is 0.400. The summed E-state index contributed by atoms with van der Waals surface area (Å²) in [5, 5.41) is 9.90. The molecule has 0 saturated heterocycles. The first-order chi connectivity index (χ1) is 7.65. The third kappa shape index (κ3) is 5.82. The van der Waals surface area contributed by atoms with Gasteiger partial charge in [-0.1, -0.05) is 0 Å². The number of carbonyl (C=O) groups is 2. The summed E-state index contributed by atoms with van der Waals surface area (Å²) in [5.41, 5.74) is 0. The van der Waals surface area contributed by atoms with Crippen LogP contribution in [0.4, 0.5) is 0 Å². The summed E-state index contributed by atoms with van der Waals surface area (Å²) in [6.45, 7) is 1.77. The number of aliphatic hydroxyl groups is 1. The number of hydrogen-bond donors (Lipinski definition) is 2. The number of hydrogen-bond acceptors (Lipinski definition) is 5. The van der Waals surface area contributed by atoms with E-state index in [0.29, 0.717) is 0 Å². The Hall–Kier alpha value is -1.82. The van der Waals surface area contributed by atoms with E-state index in [1.54, 1.807) is 13.0 Å². The molecule has 0 bridgehead atoms. The lowest BCUT2D eigenvalue weighted by molar-refractivity contribution is -0.139. The van der Waals surface area contributed by atoms with Gasteiger partial charge in [0.05, 0.1) is 13.4 Å². The lowest BCUT2D eigenvalue weighted by Gasteiger charge is -2.00. The van der Waals surface area contributed by atoms with Crippen molar-refractivity contribution in [2.24, 2.45) is 0 Å². The van der Waals surface area contributed by atoms with Crippen LogP contribution < -0.4 is 5.32 Å². The van der Waals surface area contributed by atoms with Crippen LogP contribution in [0.25, 0.3) is 0 Å². The van der Waals surface area contributed by atoms with E-state index in [1.165, 1.54) is 19.4 Å². The Bertz CT molecular complexity index is 307. The van der Waals surface area contributed by atoms with Crippen LogP contribution in [0, 0.1) is 0 Å². The second-order valence-electron chi connectivity index (χ2n) is 2.55. The van der Waals surface area contributed by atoms with Crippen molar-refractivity contribution in [1.29, 1.82) is 0 Å². The molecule has 1 aromatic heterocycles. The fourth-order valence-electron chi connectivity index (χ4n) is 0.719. The van der Waals surface area contributed by atoms with Crippen molar-refractivity contribution in [2.45, 2.75) is 6.92 Å². The molecule has 0 atom stereocenters. The van der Waals surface area contributed by atoms with Crippen LogP contribution in [0.15, 0.2) is 22.8 Å². The second kappa shape index (κ2) is 8.49. The predicted octanol–water partition coefficient (Wildman–Crippen LogP) is 0.181. The lowest BCUT2D eigenvalue weighted by atomic mass is 10.4. The van der Waals surface area contributed by atoms with E-state index in [1.807, 2.05) is 0 Å². The predicted molar refractivity (Wildman–Crippen MR) is 55.8 cm³/mol. The minimum Gasteiger partial charge on any atom is -0.468 e. The number of amides is 1. The summed E-state index contributed by atoms with van der Waals surface area (Å²) in [4.78, 5) is 21.7. The first-order valence-corrected chi connectivity index (χ1v) is 4.65. The number of carbonyl (C=O) groups excluding carboxylic acids is 2. The van der Waals surface area contributed by atoms with Gasteiger partial charge in [0.15, 0.2) is 5.76 Å². The molecule has 0 radical (unpaired) electrons. The first kappa shape index (κ1) is 14.2. The molecule has 90 valence electrons. The number of furan rings is 1. The normalized spacial score (nSPS) is 8.69. The van der Waals surface area contributed by atoms with Crippen molar-refractivity contribution in [3.63, 3.8) is 0 Å². The Kier molecular flexibility index (Phi) is 7.52. The minimum atomic E-state index is -0.500. The summed E-state index contributed by atoms with van der Waals surface area (Å²) in [7, 11) is 1.25. The summed E-state index contributed by atoms with van der Waals surface area (Å²) in [6, 6.07) is 3.10. The Morgan fingerprint density at radius 1 is 1.56 bits per heavy atom. The molecule has 6 heteroatoms. The van der Waals surface area contributed by atoms with Gasteiger partial charge in [-0.2, -0.15) is 0 Å². The minimum absolute atomic E-state index is 0.157. The van der Waals surface area contributed by atoms with E-state index in [9.17, 15) is 9.59 Å². The van der Waals surface area contributed by atoms with Gasteiger partial charge in [-0.15, -0.1) is 0 Å². The molecule has 0 spiro atoms. The number of ether oxygens (including phenoxy) is 1. The van der Waals surface area contributed by atoms with Gasteiger partial charge < -0.3 is 19.6 Å². The van der Waals surface area contributed by atoms with E-state index < -0.39 is 11.9 Å². The quantitative estimate of drug-likeness (QED) is 0.722. The highest BCUT2D eigenvalue weighted by Gasteiger charge is 2.09. The zero-order valence-corrected chi connectivity index (χ0v) is 9.23. The van der Waals surface area contributed by atoms with Crippen molar-refractivity contribution in [3.8, 4) is 0 Å². The van der Waals surface area contributed by atoms with E-state index >= 15 is 0 Å². The summed E-state index contributed by atoms with van der Waals surface area (Å²) in [5.74, 6) is -0.765. The summed E-state index contributed by atoms with van der Waals surface area (Å²) >= 11 is 0. The molecule has 0 saturated carbocycles. The van der Waals surface area contributed by atoms with E-state index in [2.05, 4.69) is 10.1 Å². The van der Waals surface area contributed by atoms with E-state index in [-0.39, 0.29) is 18.9 Å². The number of esters is 1. The molecule has 0 fully saturated rings. The van der Waals surface area contributed by atoms with Gasteiger partial charge in [0.1, 0.15) is 6.54 Å². The fourth-order valence-corrected chi connectivity index (χ4v) is 0.719. The number of rotatable bonds is 3. The Morgan fingerprint density at radius 2 is 2.19 bits per heavy atom. The van der Waals surface area contributed by atoms with Crippen LogP contribution in [0.3, 0.4) is 0 Å². The van der Waals surface area contributed by atoms with Crippen molar-refractivity contribution in [3.05, 3.63) is 24.2 Å². The number of methoxy groups -OCH3 is 1. The van der Waals surface area contributed by atoms with Gasteiger partial charge in [0.25, 0.3) is 5.91 Å². The van der Waals surface area contributed by atoms with Crippen molar-refractivity contribution >= 4 is 11.9 Å². The molecule has 1 heterocycles. The smallest absolute Gasteiger partial charge is 0.325 e. The highest BCUT2D eigenvalue weighted by molar-refractivity contribution is 5.93. The average molecular weight is 229 g/mol. The highest BCUT2D eigenvalue weighted by Crippen LogP contribution is 1.98. The van der Waals surface area contributed by atoms with Crippen molar-refractivity contribution in [1.82, 2.24) is 5.32 Å². The monoisotopic (exact) mass is 229 g/mol. The second-order valence-corrected chi connectivity index (χ2v) is 2.55. The molecular formula is C10H15NO5. The van der Waals surface area contributed by atoms with Gasteiger partial charge in [-0.25, -0.2) is 0 Å². The zero-order chi connectivity index (χ0) is 12.4. The molecule has 2 N–H and O–H groups in total. The standard InChI is InChI=1S/C8H9NO4.C2H6O/c1-12-7(10)5-9-8(11)6-3-2-4-13-6;1-2-3/h2-4H,5H2,1H3,(H,9,11);3H,2H2,1H3. The van der Waals surface area contributed by atoms with Crippen LogP contribution in [0.2, 0.25) is 0 Å². The molecule has 1 aromatic rings. The number of nitrogens with one attached hydrogen (secondary N) is 1. The maximum atomic E-state index is 11.1. The highest BCUT2D eigenvalue weighted by atomic mass is 16.5. The first-order valence-electron chi connectivity index (χ1n) is 4.65. The third-order valence-electron chi connectivity index (χ3n) is 1.37. The van der Waals surface area contributed by atoms with Crippen LogP contribution in [-0.4, -0.2) is 37.2 Å². The van der Waals surface area contributed by atoms with E-state index in [4.69, 9.17) is 9.52 Å². The third-order valence-corrected chi connectivity index (χ3v) is 1.37. The average Bonchev–Trinajstić information content (AvgIpc) is 2.80. The Balaban J connectivity index is 0.000000673. The molecule has 0 aromatic carbocycles. The Morgan fingerprint density at radius 3 is 2.62 bits per heavy atom. The summed E-state index contributed by atoms with van der Waals surface area (Å²) < 4.78 is 9.13. The van der Waals surface area contributed by atoms with Crippen LogP contribution in [-0.2, 0) is 9.53 Å². The molecule has 1 rings (SSSR count). The van der Waals surface area contributed by atoms with Crippen LogP contribution in [0.1, 0.15) is 17.5 Å². The molecule has 0 aliphatic carbocycles. The van der Waals surface area contributed by atoms with Gasteiger partial charge >= 0.3 is 5.97 Å². The maximum Gasteiger partial charge on any atom is 0.325 e. The maximum absolute atomic E-state index is 11.1. The molecule has 0 aliphatic heterocycles. The van der Waals surface area contributed by atoms with Crippen LogP contribution in [0.5, 0.6) is 0 Å². The topological polar surface area (TPSA) is 88.8 Å². The van der Waals surface area contributed by atoms with Gasteiger partial charge in [-0.05, 0) is 19.1 Å². The largest absolute Gasteiger partial charge is 0.468 e. The van der Waals surface area contributed by atoms with Crippen molar-refractivity contribution < 1.29 is 23.8 Å². The zero-order valence-electron chi connectivity index (χ0n) is 9.23. The molecular weight excluding hydrogens is 214 g/mol. The van der Waals surface area contributed by atoms with Gasteiger partial charge in [0, 0.05) is 6.61 Å². The van der Waals surface area contributed by atoms with E-state index in [0.717, 1.165) is 0 Å².